The van der Waals surface area contributed by atoms with Crippen molar-refractivity contribution in [1.29, 1.82) is 0 Å². The molecule has 1 fully saturated rings. The second-order valence-electron chi connectivity index (χ2n) is 10.5. The molecular formula is C34H25ClN2O4. The van der Waals surface area contributed by atoms with Gasteiger partial charge >= 0.3 is 0 Å². The zero-order valence-corrected chi connectivity index (χ0v) is 22.8. The first-order chi connectivity index (χ1) is 20.0. The molecule has 41 heavy (non-hydrogen) atoms. The van der Waals surface area contributed by atoms with Crippen LogP contribution < -0.4 is 10.1 Å². The van der Waals surface area contributed by atoms with Crippen LogP contribution in [0.4, 0.5) is 5.69 Å². The SMILES string of the molecule is COc1ccc(C(=O)[C@@H]2[C@H](C(=O)c3ccccc3Cl)[C@@]3(C(=O)Nc4ccccc43)[C@@H]3c4ccccc4C=CN23)cc1. The van der Waals surface area contributed by atoms with E-state index in [9.17, 15) is 14.4 Å². The van der Waals surface area contributed by atoms with Gasteiger partial charge in [-0.3, -0.25) is 14.4 Å². The van der Waals surface area contributed by atoms with Crippen molar-refractivity contribution in [3.63, 3.8) is 0 Å². The van der Waals surface area contributed by atoms with Gasteiger partial charge in [0.2, 0.25) is 5.91 Å². The third-order valence-corrected chi connectivity index (χ3v) is 8.96. The number of carbonyl (C=O) groups excluding carboxylic acids is 3. The number of fused-ring (bicyclic) bond motifs is 6. The topological polar surface area (TPSA) is 75.7 Å². The molecule has 7 heteroatoms. The van der Waals surface area contributed by atoms with Crippen LogP contribution >= 0.6 is 11.6 Å². The highest BCUT2D eigenvalue weighted by Crippen LogP contribution is 2.62. The first-order valence-corrected chi connectivity index (χ1v) is 13.8. The number of methoxy groups -OCH3 is 1. The predicted octanol–water partition coefficient (Wildman–Crippen LogP) is 6.33. The Kier molecular flexibility index (Phi) is 5.84. The van der Waals surface area contributed by atoms with Crippen molar-refractivity contribution >= 4 is 40.8 Å². The van der Waals surface area contributed by atoms with Gasteiger partial charge in [0.25, 0.3) is 0 Å². The summed E-state index contributed by atoms with van der Waals surface area (Å²) >= 11 is 6.59. The van der Waals surface area contributed by atoms with E-state index >= 15 is 0 Å². The highest BCUT2D eigenvalue weighted by molar-refractivity contribution is 6.34. The molecule has 3 aliphatic rings. The Morgan fingerprint density at radius 2 is 1.59 bits per heavy atom. The van der Waals surface area contributed by atoms with Gasteiger partial charge in [0.05, 0.1) is 24.1 Å². The lowest BCUT2D eigenvalue weighted by atomic mass is 9.62. The van der Waals surface area contributed by atoms with E-state index in [0.717, 1.165) is 11.1 Å². The summed E-state index contributed by atoms with van der Waals surface area (Å²) in [4.78, 5) is 45.7. The zero-order valence-electron chi connectivity index (χ0n) is 22.1. The number of para-hydroxylation sites is 1. The molecule has 0 aromatic heterocycles. The number of hydrogen-bond donors (Lipinski definition) is 1. The number of halogens is 1. The lowest BCUT2D eigenvalue weighted by Gasteiger charge is -2.38. The molecule has 7 rings (SSSR count). The van der Waals surface area contributed by atoms with Crippen molar-refractivity contribution in [2.45, 2.75) is 17.5 Å². The Balaban J connectivity index is 1.53. The fourth-order valence-electron chi connectivity index (χ4n) is 6.92. The highest BCUT2D eigenvalue weighted by atomic mass is 35.5. The number of nitrogens with zero attached hydrogens (tertiary/aromatic N) is 1. The molecule has 1 N–H and O–H groups in total. The number of hydrogen-bond acceptors (Lipinski definition) is 5. The predicted molar refractivity (Wildman–Crippen MR) is 157 cm³/mol. The van der Waals surface area contributed by atoms with Crippen LogP contribution in [0, 0.1) is 5.92 Å². The fraction of sp³-hybridized carbons (Fsp3) is 0.147. The van der Waals surface area contributed by atoms with Crippen LogP contribution in [-0.4, -0.2) is 35.5 Å². The summed E-state index contributed by atoms with van der Waals surface area (Å²) in [5.41, 5.74) is 2.44. The number of anilines is 1. The van der Waals surface area contributed by atoms with Gasteiger partial charge in [-0.2, -0.15) is 0 Å². The molecule has 1 spiro atoms. The third-order valence-electron chi connectivity index (χ3n) is 8.64. The van der Waals surface area contributed by atoms with Crippen LogP contribution in [0.3, 0.4) is 0 Å². The maximum Gasteiger partial charge on any atom is 0.238 e. The minimum Gasteiger partial charge on any atom is -0.497 e. The quantitative estimate of drug-likeness (QED) is 0.289. The molecular weight excluding hydrogens is 536 g/mol. The van der Waals surface area contributed by atoms with Crippen molar-refractivity contribution in [2.24, 2.45) is 5.92 Å². The molecule has 4 aromatic rings. The van der Waals surface area contributed by atoms with Crippen molar-refractivity contribution in [2.75, 3.05) is 12.4 Å². The standard InChI is InChI=1S/C34H25ClN2O4/c1-41-22-16-14-21(15-17-22)30(38)29-28(31(39)24-10-4-6-12-26(24)35)34(25-11-5-7-13-27(25)36-33(34)40)32-23-9-3-2-8-20(23)18-19-37(29)32/h2-19,28-29,32H,1H3,(H,36,40)/t28-,29+,32+,34-/m1/s1. The second-order valence-corrected chi connectivity index (χ2v) is 10.9. The number of nitrogens with one attached hydrogen (secondary N) is 1. The van der Waals surface area contributed by atoms with E-state index in [4.69, 9.17) is 16.3 Å². The van der Waals surface area contributed by atoms with Gasteiger partial charge in [0.15, 0.2) is 11.6 Å². The molecule has 1 saturated heterocycles. The zero-order chi connectivity index (χ0) is 28.3. The number of amides is 1. The first kappa shape index (κ1) is 25.3. The van der Waals surface area contributed by atoms with Crippen molar-refractivity contribution < 1.29 is 19.1 Å². The number of ether oxygens (including phenoxy) is 1. The summed E-state index contributed by atoms with van der Waals surface area (Å²) < 4.78 is 5.30. The minimum absolute atomic E-state index is 0.263. The molecule has 6 nitrogen and oxygen atoms in total. The van der Waals surface area contributed by atoms with Crippen LogP contribution in [0.15, 0.2) is 103 Å². The van der Waals surface area contributed by atoms with Crippen LogP contribution in [0.25, 0.3) is 6.08 Å². The number of carbonyl (C=O) groups is 3. The van der Waals surface area contributed by atoms with Gasteiger partial charge in [-0.15, -0.1) is 0 Å². The maximum absolute atomic E-state index is 14.8. The third kappa shape index (κ3) is 3.54. The van der Waals surface area contributed by atoms with Gasteiger partial charge in [0.1, 0.15) is 17.2 Å². The van der Waals surface area contributed by atoms with E-state index in [0.29, 0.717) is 22.6 Å². The average molecular weight is 561 g/mol. The Bertz CT molecular complexity index is 1760. The molecule has 4 atom stereocenters. The van der Waals surface area contributed by atoms with Crippen molar-refractivity contribution in [3.05, 3.63) is 136 Å². The first-order valence-electron chi connectivity index (χ1n) is 13.4. The molecule has 0 bridgehead atoms. The summed E-state index contributed by atoms with van der Waals surface area (Å²) in [7, 11) is 1.56. The van der Waals surface area contributed by atoms with Gasteiger partial charge in [-0.25, -0.2) is 0 Å². The molecule has 0 aliphatic carbocycles. The van der Waals surface area contributed by atoms with Crippen LogP contribution in [0.1, 0.15) is 43.4 Å². The number of ketones is 2. The molecule has 0 radical (unpaired) electrons. The normalized spacial score (nSPS) is 23.5. The lowest BCUT2D eigenvalue weighted by Crippen LogP contribution is -2.49. The second kappa shape index (κ2) is 9.46. The Labute approximate surface area is 242 Å². The Morgan fingerprint density at radius 3 is 2.37 bits per heavy atom. The summed E-state index contributed by atoms with van der Waals surface area (Å²) in [6, 6.07) is 27.3. The minimum atomic E-state index is -1.40. The van der Waals surface area contributed by atoms with E-state index in [-0.39, 0.29) is 28.1 Å². The van der Waals surface area contributed by atoms with Gasteiger partial charge in [-0.1, -0.05) is 66.2 Å². The molecule has 1 amide bonds. The summed E-state index contributed by atoms with van der Waals surface area (Å²) in [5.74, 6) is -1.40. The van der Waals surface area contributed by atoms with Crippen LogP contribution in [-0.2, 0) is 10.2 Å². The van der Waals surface area contributed by atoms with E-state index in [1.165, 1.54) is 0 Å². The summed E-state index contributed by atoms with van der Waals surface area (Å²) in [6.45, 7) is 0. The molecule has 4 aromatic carbocycles. The van der Waals surface area contributed by atoms with Crippen LogP contribution in [0.2, 0.25) is 5.02 Å². The van der Waals surface area contributed by atoms with Gasteiger partial charge in [0, 0.05) is 23.0 Å². The van der Waals surface area contributed by atoms with Crippen molar-refractivity contribution in [1.82, 2.24) is 4.90 Å². The maximum atomic E-state index is 14.8. The average Bonchev–Trinajstić information content (AvgIpc) is 3.49. The smallest absolute Gasteiger partial charge is 0.238 e. The summed E-state index contributed by atoms with van der Waals surface area (Å²) in [6.07, 6.45) is 3.80. The van der Waals surface area contributed by atoms with Crippen molar-refractivity contribution in [3.8, 4) is 5.75 Å². The molecule has 3 aliphatic heterocycles. The lowest BCUT2D eigenvalue weighted by molar-refractivity contribution is -0.122. The molecule has 3 heterocycles. The largest absolute Gasteiger partial charge is 0.497 e. The van der Waals surface area contributed by atoms with E-state index in [1.54, 1.807) is 55.6 Å². The fourth-order valence-corrected chi connectivity index (χ4v) is 7.15. The highest BCUT2D eigenvalue weighted by Gasteiger charge is 2.70. The molecule has 0 saturated carbocycles. The van der Waals surface area contributed by atoms with Gasteiger partial charge in [-0.05, 0) is 65.2 Å². The van der Waals surface area contributed by atoms with E-state index < -0.39 is 23.4 Å². The monoisotopic (exact) mass is 560 g/mol. The number of rotatable bonds is 5. The Hall–Kier alpha value is -4.68. The van der Waals surface area contributed by atoms with E-state index in [1.807, 2.05) is 65.7 Å². The Morgan fingerprint density at radius 1 is 0.878 bits per heavy atom. The van der Waals surface area contributed by atoms with E-state index in [2.05, 4.69) is 5.32 Å². The molecule has 0 unspecified atom stereocenters. The number of benzene rings is 4. The van der Waals surface area contributed by atoms with Crippen LogP contribution in [0.5, 0.6) is 5.75 Å². The van der Waals surface area contributed by atoms with Gasteiger partial charge < -0.3 is 15.0 Å². The molecule has 202 valence electrons. The summed E-state index contributed by atoms with van der Waals surface area (Å²) in [5, 5.41) is 3.33. The number of Topliss-reactive ketones (excluding diaryl/α,β-unsaturated/α-hetero) is 2.